The van der Waals surface area contributed by atoms with Crippen LogP contribution in [0.5, 0.6) is 0 Å². The van der Waals surface area contributed by atoms with E-state index < -0.39 is 32.4 Å². The van der Waals surface area contributed by atoms with Gasteiger partial charge in [0.05, 0.1) is 0 Å². The van der Waals surface area contributed by atoms with Gasteiger partial charge in [0.15, 0.2) is 0 Å². The second-order valence-electron chi connectivity index (χ2n) is 6.25. The Kier molecular flexibility index (Phi) is 4.44. The summed E-state index contributed by atoms with van der Waals surface area (Å²) in [5.41, 5.74) is 0.622. The van der Waals surface area contributed by atoms with Crippen LogP contribution in [0.3, 0.4) is 0 Å². The lowest BCUT2D eigenvalue weighted by molar-refractivity contribution is 0.0242. The molecule has 25 heavy (non-hydrogen) atoms. The molecule has 3 rings (SSSR count). The number of aromatic carboxylic acids is 1. The Morgan fingerprint density at radius 1 is 1.36 bits per heavy atom. The van der Waals surface area contributed by atoms with Gasteiger partial charge in [-0.25, -0.2) is 17.9 Å². The summed E-state index contributed by atoms with van der Waals surface area (Å²) in [5, 5.41) is 19.4. The molecule has 0 fully saturated rings. The van der Waals surface area contributed by atoms with Crippen LogP contribution in [-0.2, 0) is 22.0 Å². The molecule has 1 aliphatic carbocycles. The third kappa shape index (κ3) is 3.33. The fourth-order valence-corrected chi connectivity index (χ4v) is 4.26. The average Bonchev–Trinajstić information content (AvgIpc) is 2.97. The average molecular weight is 365 g/mol. The fraction of sp³-hybridized carbons (Fsp3) is 0.353. The van der Waals surface area contributed by atoms with E-state index in [-0.39, 0.29) is 12.1 Å². The molecular weight excluding hydrogens is 346 g/mol. The summed E-state index contributed by atoms with van der Waals surface area (Å²) in [7, 11) is -4.08. The van der Waals surface area contributed by atoms with Crippen molar-refractivity contribution in [3.63, 3.8) is 0 Å². The second kappa shape index (κ2) is 6.29. The number of fused-ring (bicyclic) bond motifs is 1. The van der Waals surface area contributed by atoms with Gasteiger partial charge in [0.25, 0.3) is 10.0 Å². The Morgan fingerprint density at radius 3 is 2.76 bits per heavy atom. The second-order valence-corrected chi connectivity index (χ2v) is 7.95. The van der Waals surface area contributed by atoms with E-state index in [0.29, 0.717) is 12.0 Å². The highest BCUT2D eigenvalue weighted by Gasteiger charge is 2.36. The van der Waals surface area contributed by atoms with E-state index in [1.165, 1.54) is 6.92 Å². The Bertz CT molecular complexity index is 917. The molecule has 1 atom stereocenters. The van der Waals surface area contributed by atoms with Crippen LogP contribution in [-0.4, -0.2) is 31.1 Å². The van der Waals surface area contributed by atoms with E-state index in [2.05, 4.69) is 4.72 Å². The van der Waals surface area contributed by atoms with E-state index in [0.717, 1.165) is 24.5 Å². The highest BCUT2D eigenvalue weighted by Crippen LogP contribution is 2.35. The lowest BCUT2D eigenvalue weighted by atomic mass is 9.79. The quantitative estimate of drug-likeness (QED) is 0.744. The van der Waals surface area contributed by atoms with Crippen LogP contribution in [0.1, 0.15) is 40.1 Å². The van der Waals surface area contributed by atoms with E-state index in [4.69, 9.17) is 9.52 Å². The van der Waals surface area contributed by atoms with Gasteiger partial charge in [-0.05, 0) is 37.3 Å². The lowest BCUT2D eigenvalue weighted by Gasteiger charge is -2.34. The molecule has 0 saturated heterocycles. The first-order valence-corrected chi connectivity index (χ1v) is 9.35. The zero-order chi connectivity index (χ0) is 18.2. The van der Waals surface area contributed by atoms with Crippen molar-refractivity contribution in [1.82, 2.24) is 4.72 Å². The maximum Gasteiger partial charge on any atom is 0.372 e. The van der Waals surface area contributed by atoms with Gasteiger partial charge in [0.1, 0.15) is 5.60 Å². The minimum absolute atomic E-state index is 0.214. The molecule has 1 aromatic heterocycles. The van der Waals surface area contributed by atoms with Crippen molar-refractivity contribution < 1.29 is 27.8 Å². The van der Waals surface area contributed by atoms with Gasteiger partial charge >= 0.3 is 5.97 Å². The van der Waals surface area contributed by atoms with Gasteiger partial charge in [-0.1, -0.05) is 24.3 Å². The number of carboxylic acid groups (broad SMARTS) is 1. The molecular formula is C17H19NO6S. The third-order valence-electron chi connectivity index (χ3n) is 4.46. The Morgan fingerprint density at radius 2 is 2.08 bits per heavy atom. The van der Waals surface area contributed by atoms with Gasteiger partial charge in [0.2, 0.25) is 10.9 Å². The number of hydrogen-bond donors (Lipinski definition) is 3. The summed E-state index contributed by atoms with van der Waals surface area (Å²) >= 11 is 0. The molecule has 1 aromatic carbocycles. The largest absolute Gasteiger partial charge is 0.475 e. The third-order valence-corrected chi connectivity index (χ3v) is 5.72. The predicted octanol–water partition coefficient (Wildman–Crippen LogP) is 1.79. The first-order valence-electron chi connectivity index (χ1n) is 7.87. The summed E-state index contributed by atoms with van der Waals surface area (Å²) in [6.07, 6.45) is 2.02. The van der Waals surface area contributed by atoms with Crippen LogP contribution in [0.2, 0.25) is 0 Å². The van der Waals surface area contributed by atoms with E-state index in [1.54, 1.807) is 12.1 Å². The number of sulfonamides is 1. The number of carboxylic acids is 1. The fourth-order valence-electron chi connectivity index (χ4n) is 3.17. The van der Waals surface area contributed by atoms with E-state index >= 15 is 0 Å². The van der Waals surface area contributed by atoms with Crippen molar-refractivity contribution >= 4 is 16.0 Å². The van der Waals surface area contributed by atoms with Gasteiger partial charge in [-0.3, -0.25) is 0 Å². The molecule has 7 nitrogen and oxygen atoms in total. The van der Waals surface area contributed by atoms with Crippen LogP contribution in [0.25, 0.3) is 0 Å². The molecule has 1 unspecified atom stereocenters. The smallest absolute Gasteiger partial charge is 0.372 e. The molecule has 8 heteroatoms. The maximum atomic E-state index is 12.4. The number of carbonyl (C=O) groups is 1. The van der Waals surface area contributed by atoms with Gasteiger partial charge < -0.3 is 14.6 Å². The topological polar surface area (TPSA) is 117 Å². The molecule has 0 radical (unpaired) electrons. The monoisotopic (exact) mass is 365 g/mol. The molecule has 0 amide bonds. The maximum absolute atomic E-state index is 12.4. The van der Waals surface area contributed by atoms with Crippen molar-refractivity contribution in [1.29, 1.82) is 0 Å². The van der Waals surface area contributed by atoms with Crippen LogP contribution >= 0.6 is 0 Å². The summed E-state index contributed by atoms with van der Waals surface area (Å²) < 4.78 is 32.1. The number of furan rings is 1. The number of hydrogen-bond acceptors (Lipinski definition) is 5. The van der Waals surface area contributed by atoms with Crippen molar-refractivity contribution in [2.24, 2.45) is 0 Å². The number of benzene rings is 1. The lowest BCUT2D eigenvalue weighted by Crippen LogP contribution is -2.42. The van der Waals surface area contributed by atoms with Crippen LogP contribution in [0, 0.1) is 6.92 Å². The minimum Gasteiger partial charge on any atom is -0.475 e. The van der Waals surface area contributed by atoms with Crippen LogP contribution in [0.4, 0.5) is 0 Å². The molecule has 2 aromatic rings. The first kappa shape index (κ1) is 17.7. The molecule has 134 valence electrons. The normalized spacial score (nSPS) is 20.2. The predicted molar refractivity (Wildman–Crippen MR) is 88.9 cm³/mol. The molecule has 0 aliphatic heterocycles. The molecule has 1 aliphatic rings. The van der Waals surface area contributed by atoms with Crippen molar-refractivity contribution in [2.45, 2.75) is 36.9 Å². The van der Waals surface area contributed by atoms with Gasteiger partial charge in [0, 0.05) is 18.2 Å². The molecule has 0 spiro atoms. The molecule has 1 heterocycles. The standard InChI is InChI=1S/C17H19NO6S/c1-11-9-14(24-15(11)16(19)20)25(22,23)18-10-17(21)8-4-6-12-5-2-3-7-13(12)17/h2-3,5,7,9,18,21H,4,6,8,10H2,1H3,(H,19,20). The summed E-state index contributed by atoms with van der Waals surface area (Å²) in [4.78, 5) is 11.0. The molecule has 0 saturated carbocycles. The summed E-state index contributed by atoms with van der Waals surface area (Å²) in [5.74, 6) is -1.75. The molecule has 0 bridgehead atoms. The van der Waals surface area contributed by atoms with Gasteiger partial charge in [-0.15, -0.1) is 0 Å². The number of rotatable bonds is 5. The van der Waals surface area contributed by atoms with E-state index in [1.807, 2.05) is 12.1 Å². The number of aliphatic hydroxyl groups is 1. The van der Waals surface area contributed by atoms with Crippen molar-refractivity contribution in [2.75, 3.05) is 6.54 Å². The van der Waals surface area contributed by atoms with Crippen LogP contribution in [0.15, 0.2) is 39.8 Å². The number of aryl methyl sites for hydroxylation is 2. The van der Waals surface area contributed by atoms with Crippen LogP contribution < -0.4 is 4.72 Å². The Hall–Kier alpha value is -2.16. The number of nitrogens with one attached hydrogen (secondary N) is 1. The Labute approximate surface area is 145 Å². The van der Waals surface area contributed by atoms with Crippen molar-refractivity contribution in [3.8, 4) is 0 Å². The minimum atomic E-state index is -4.08. The SMILES string of the molecule is Cc1cc(S(=O)(=O)NCC2(O)CCCc3ccccc32)oc1C(=O)O. The highest BCUT2D eigenvalue weighted by atomic mass is 32.2. The zero-order valence-electron chi connectivity index (χ0n) is 13.7. The zero-order valence-corrected chi connectivity index (χ0v) is 14.5. The summed E-state index contributed by atoms with van der Waals surface area (Å²) in [6.45, 7) is 1.24. The Balaban J connectivity index is 1.84. The van der Waals surface area contributed by atoms with Crippen molar-refractivity contribution in [3.05, 3.63) is 52.8 Å². The molecule has 3 N–H and O–H groups in total. The first-order chi connectivity index (χ1) is 11.7. The van der Waals surface area contributed by atoms with E-state index in [9.17, 15) is 18.3 Å². The highest BCUT2D eigenvalue weighted by molar-refractivity contribution is 7.89. The summed E-state index contributed by atoms with van der Waals surface area (Å²) in [6, 6.07) is 8.56. The van der Waals surface area contributed by atoms with Gasteiger partial charge in [-0.2, -0.15) is 0 Å².